The molecule has 1 aromatic rings. The molecule has 0 aromatic carbocycles. The number of rotatable bonds is 9. The van der Waals surface area contributed by atoms with Crippen molar-refractivity contribution in [2.45, 2.75) is 53.1 Å². The Bertz CT molecular complexity index is 335. The Morgan fingerprint density at radius 3 is 2.89 bits per heavy atom. The summed E-state index contributed by atoms with van der Waals surface area (Å²) in [5.74, 6) is 0.995. The summed E-state index contributed by atoms with van der Waals surface area (Å²) < 4.78 is 1.95. The molecule has 0 unspecified atom stereocenters. The van der Waals surface area contributed by atoms with E-state index in [2.05, 4.69) is 36.2 Å². The Labute approximate surface area is 110 Å². The quantitative estimate of drug-likeness (QED) is 0.702. The highest BCUT2D eigenvalue weighted by molar-refractivity contribution is 4.84. The van der Waals surface area contributed by atoms with Gasteiger partial charge in [-0.15, -0.1) is 0 Å². The first-order valence-corrected chi connectivity index (χ1v) is 6.77. The van der Waals surface area contributed by atoms with Crippen LogP contribution in [0.2, 0.25) is 0 Å². The lowest BCUT2D eigenvalue weighted by molar-refractivity contribution is 0.235. The number of nitrogens with zero attached hydrogens (tertiary/aromatic N) is 3. The smallest absolute Gasteiger partial charge is 0.140 e. The van der Waals surface area contributed by atoms with Gasteiger partial charge in [0.05, 0.1) is 6.54 Å². The molecule has 5 nitrogen and oxygen atoms in total. The summed E-state index contributed by atoms with van der Waals surface area (Å²) in [6, 6.07) is 0. The Hall–Kier alpha value is -0.940. The van der Waals surface area contributed by atoms with Gasteiger partial charge < -0.3 is 10.4 Å². The van der Waals surface area contributed by atoms with Crippen LogP contribution in [0.1, 0.15) is 45.9 Å². The monoisotopic (exact) mass is 254 g/mol. The standard InChI is InChI=1S/C13H26N4O/c1-4-7-17-12(15-11-16-17)9-14-10-13(2,3)6-5-8-18/h11,14,18H,4-10H2,1-3H3. The average Bonchev–Trinajstić information content (AvgIpc) is 2.75. The third kappa shape index (κ3) is 5.14. The Morgan fingerprint density at radius 1 is 1.44 bits per heavy atom. The molecular weight excluding hydrogens is 228 g/mol. The number of aliphatic hydroxyl groups excluding tert-OH is 1. The number of hydrogen-bond donors (Lipinski definition) is 2. The van der Waals surface area contributed by atoms with Crippen molar-refractivity contribution in [1.29, 1.82) is 0 Å². The Morgan fingerprint density at radius 2 is 2.22 bits per heavy atom. The van der Waals surface area contributed by atoms with Crippen LogP contribution in [0.5, 0.6) is 0 Å². The molecule has 104 valence electrons. The maximum atomic E-state index is 8.86. The SMILES string of the molecule is CCCn1ncnc1CNCC(C)(C)CCCO. The predicted octanol–water partition coefficient (Wildman–Crippen LogP) is 1.58. The molecule has 0 atom stereocenters. The fourth-order valence-corrected chi connectivity index (χ4v) is 1.98. The number of nitrogens with one attached hydrogen (secondary N) is 1. The molecule has 0 radical (unpaired) electrons. The lowest BCUT2D eigenvalue weighted by Gasteiger charge is -2.24. The summed E-state index contributed by atoms with van der Waals surface area (Å²) in [6.45, 7) is 9.43. The van der Waals surface area contributed by atoms with Crippen LogP contribution in [0.4, 0.5) is 0 Å². The van der Waals surface area contributed by atoms with E-state index in [0.717, 1.165) is 44.7 Å². The summed E-state index contributed by atoms with van der Waals surface area (Å²) in [7, 11) is 0. The van der Waals surface area contributed by atoms with E-state index in [0.29, 0.717) is 0 Å². The zero-order chi connectivity index (χ0) is 13.4. The van der Waals surface area contributed by atoms with Crippen LogP contribution in [-0.2, 0) is 13.1 Å². The van der Waals surface area contributed by atoms with Crippen LogP contribution in [0, 0.1) is 5.41 Å². The van der Waals surface area contributed by atoms with Gasteiger partial charge in [0.1, 0.15) is 12.2 Å². The minimum Gasteiger partial charge on any atom is -0.396 e. The van der Waals surface area contributed by atoms with Gasteiger partial charge in [0.15, 0.2) is 0 Å². The maximum absolute atomic E-state index is 8.86. The van der Waals surface area contributed by atoms with E-state index in [9.17, 15) is 0 Å². The summed E-state index contributed by atoms with van der Waals surface area (Å²) >= 11 is 0. The van der Waals surface area contributed by atoms with E-state index in [1.807, 2.05) is 4.68 Å². The van der Waals surface area contributed by atoms with Gasteiger partial charge in [0, 0.05) is 19.7 Å². The predicted molar refractivity (Wildman–Crippen MR) is 72.1 cm³/mol. The number of hydrogen-bond acceptors (Lipinski definition) is 4. The summed E-state index contributed by atoms with van der Waals surface area (Å²) in [4.78, 5) is 4.27. The molecule has 1 heterocycles. The van der Waals surface area contributed by atoms with Gasteiger partial charge in [-0.2, -0.15) is 5.10 Å². The highest BCUT2D eigenvalue weighted by atomic mass is 16.2. The van der Waals surface area contributed by atoms with Crippen molar-refractivity contribution in [1.82, 2.24) is 20.1 Å². The van der Waals surface area contributed by atoms with E-state index in [1.165, 1.54) is 0 Å². The van der Waals surface area contributed by atoms with E-state index in [-0.39, 0.29) is 12.0 Å². The minimum atomic E-state index is 0.207. The van der Waals surface area contributed by atoms with E-state index in [4.69, 9.17) is 5.11 Å². The summed E-state index contributed by atoms with van der Waals surface area (Å²) in [6.07, 6.45) is 4.57. The van der Waals surface area contributed by atoms with Crippen LogP contribution < -0.4 is 5.32 Å². The van der Waals surface area contributed by atoms with E-state index < -0.39 is 0 Å². The van der Waals surface area contributed by atoms with Gasteiger partial charge in [-0.05, 0) is 24.7 Å². The maximum Gasteiger partial charge on any atom is 0.140 e. The molecule has 0 saturated heterocycles. The lowest BCUT2D eigenvalue weighted by Crippen LogP contribution is -2.30. The molecule has 1 aromatic heterocycles. The first-order valence-electron chi connectivity index (χ1n) is 6.77. The van der Waals surface area contributed by atoms with Crippen molar-refractivity contribution in [3.8, 4) is 0 Å². The third-order valence-electron chi connectivity index (χ3n) is 3.03. The molecule has 5 heteroatoms. The number of aliphatic hydroxyl groups is 1. The van der Waals surface area contributed by atoms with Crippen molar-refractivity contribution in [3.63, 3.8) is 0 Å². The average molecular weight is 254 g/mol. The second-order valence-corrected chi connectivity index (χ2v) is 5.49. The second kappa shape index (κ2) is 7.48. The van der Waals surface area contributed by atoms with Gasteiger partial charge >= 0.3 is 0 Å². The van der Waals surface area contributed by atoms with Crippen molar-refractivity contribution in [2.75, 3.05) is 13.2 Å². The van der Waals surface area contributed by atoms with Gasteiger partial charge in [-0.1, -0.05) is 20.8 Å². The molecule has 0 spiro atoms. The fraction of sp³-hybridized carbons (Fsp3) is 0.846. The molecule has 0 aliphatic carbocycles. The number of aryl methyl sites for hydroxylation is 1. The van der Waals surface area contributed by atoms with Gasteiger partial charge in [-0.25, -0.2) is 9.67 Å². The fourth-order valence-electron chi connectivity index (χ4n) is 1.98. The van der Waals surface area contributed by atoms with Crippen molar-refractivity contribution < 1.29 is 5.11 Å². The summed E-state index contributed by atoms with van der Waals surface area (Å²) in [5, 5.41) is 16.5. The summed E-state index contributed by atoms with van der Waals surface area (Å²) in [5.41, 5.74) is 0.207. The zero-order valence-corrected chi connectivity index (χ0v) is 11.8. The normalized spacial score (nSPS) is 12.0. The molecule has 0 aliphatic rings. The Balaban J connectivity index is 2.34. The lowest BCUT2D eigenvalue weighted by atomic mass is 9.88. The van der Waals surface area contributed by atoms with Crippen molar-refractivity contribution in [3.05, 3.63) is 12.2 Å². The molecule has 0 amide bonds. The number of aromatic nitrogens is 3. The first kappa shape index (κ1) is 15.1. The van der Waals surface area contributed by atoms with Crippen molar-refractivity contribution in [2.24, 2.45) is 5.41 Å². The molecule has 0 fully saturated rings. The molecule has 0 saturated carbocycles. The first-order chi connectivity index (χ1) is 8.59. The zero-order valence-electron chi connectivity index (χ0n) is 11.8. The van der Waals surface area contributed by atoms with Gasteiger partial charge in [-0.3, -0.25) is 0 Å². The molecular formula is C13H26N4O. The van der Waals surface area contributed by atoms with Crippen molar-refractivity contribution >= 4 is 0 Å². The topological polar surface area (TPSA) is 63.0 Å². The van der Waals surface area contributed by atoms with Gasteiger partial charge in [0.25, 0.3) is 0 Å². The van der Waals surface area contributed by atoms with E-state index >= 15 is 0 Å². The molecule has 0 aliphatic heterocycles. The Kier molecular flexibility index (Phi) is 6.29. The van der Waals surface area contributed by atoms with E-state index in [1.54, 1.807) is 6.33 Å². The highest BCUT2D eigenvalue weighted by Crippen LogP contribution is 2.20. The van der Waals surface area contributed by atoms with Crippen LogP contribution in [-0.4, -0.2) is 33.0 Å². The van der Waals surface area contributed by atoms with Crippen LogP contribution in [0.3, 0.4) is 0 Å². The van der Waals surface area contributed by atoms with Crippen LogP contribution >= 0.6 is 0 Å². The van der Waals surface area contributed by atoms with Gasteiger partial charge in [0.2, 0.25) is 0 Å². The minimum absolute atomic E-state index is 0.207. The molecule has 0 bridgehead atoms. The largest absolute Gasteiger partial charge is 0.396 e. The van der Waals surface area contributed by atoms with Crippen LogP contribution in [0.15, 0.2) is 6.33 Å². The molecule has 2 N–H and O–H groups in total. The van der Waals surface area contributed by atoms with Crippen LogP contribution in [0.25, 0.3) is 0 Å². The molecule has 1 rings (SSSR count). The molecule has 18 heavy (non-hydrogen) atoms. The highest BCUT2D eigenvalue weighted by Gasteiger charge is 2.17. The second-order valence-electron chi connectivity index (χ2n) is 5.49. The third-order valence-corrected chi connectivity index (χ3v) is 3.03.